The minimum absolute atomic E-state index is 0.432. The lowest BCUT2D eigenvalue weighted by Crippen LogP contribution is -2.21. The summed E-state index contributed by atoms with van der Waals surface area (Å²) in [5, 5.41) is 9.20. The van der Waals surface area contributed by atoms with Gasteiger partial charge in [-0.05, 0) is 76.2 Å². The minimum atomic E-state index is 0.432. The first-order valence-electron chi connectivity index (χ1n) is 12.2. The van der Waals surface area contributed by atoms with E-state index in [1.54, 1.807) is 13.1 Å². The molecule has 3 aliphatic rings. The van der Waals surface area contributed by atoms with E-state index in [0.29, 0.717) is 28.5 Å². The van der Waals surface area contributed by atoms with Crippen LogP contribution in [0.25, 0.3) is 11.3 Å². The summed E-state index contributed by atoms with van der Waals surface area (Å²) >= 11 is 6.09. The Hall–Kier alpha value is -2.48. The zero-order valence-corrected chi connectivity index (χ0v) is 20.9. The molecule has 0 aromatic carbocycles. The SMILES string of the molecule is C1=CCC1.C1CCNCC1.C1CCOCC1.CNc1cccc(-c2cc(NC=O)ncc2Cl)n1. The summed E-state index contributed by atoms with van der Waals surface area (Å²) in [5.41, 5.74) is 1.43. The summed E-state index contributed by atoms with van der Waals surface area (Å²) in [5.74, 6) is 1.17. The zero-order valence-electron chi connectivity index (χ0n) is 20.2. The summed E-state index contributed by atoms with van der Waals surface area (Å²) in [6, 6.07) is 7.24. The molecule has 2 aromatic rings. The van der Waals surface area contributed by atoms with Crippen LogP contribution >= 0.6 is 11.6 Å². The quantitative estimate of drug-likeness (QED) is 0.379. The van der Waals surface area contributed by atoms with Crippen molar-refractivity contribution in [3.05, 3.63) is 47.6 Å². The molecule has 0 radical (unpaired) electrons. The molecule has 1 aliphatic carbocycles. The lowest BCUT2D eigenvalue weighted by Gasteiger charge is -2.08. The Morgan fingerprint density at radius 1 is 1.00 bits per heavy atom. The normalized spacial score (nSPS) is 16.1. The number of carbonyl (C=O) groups is 1. The fourth-order valence-corrected chi connectivity index (χ4v) is 3.35. The van der Waals surface area contributed by atoms with Crippen LogP contribution in [0.15, 0.2) is 42.6 Å². The van der Waals surface area contributed by atoms with E-state index < -0.39 is 0 Å². The number of piperidine rings is 1. The van der Waals surface area contributed by atoms with Crippen molar-refractivity contribution in [2.75, 3.05) is 44.0 Å². The largest absolute Gasteiger partial charge is 0.381 e. The summed E-state index contributed by atoms with van der Waals surface area (Å²) in [6.07, 6.45) is 17.2. The van der Waals surface area contributed by atoms with Gasteiger partial charge in [0.2, 0.25) is 6.41 Å². The first-order valence-corrected chi connectivity index (χ1v) is 12.6. The second-order valence-corrected chi connectivity index (χ2v) is 8.41. The molecule has 2 aromatic heterocycles. The van der Waals surface area contributed by atoms with Crippen molar-refractivity contribution in [3.63, 3.8) is 0 Å². The molecular formula is C26H38ClN5O2. The highest BCUT2D eigenvalue weighted by Gasteiger charge is 2.08. The average Bonchev–Trinajstić information content (AvgIpc) is 2.87. The Morgan fingerprint density at radius 2 is 1.68 bits per heavy atom. The number of amides is 1. The molecule has 0 saturated carbocycles. The summed E-state index contributed by atoms with van der Waals surface area (Å²) in [7, 11) is 1.79. The van der Waals surface area contributed by atoms with E-state index >= 15 is 0 Å². The Balaban J connectivity index is 0.000000204. The van der Waals surface area contributed by atoms with Crippen molar-refractivity contribution in [1.82, 2.24) is 15.3 Å². The lowest BCUT2D eigenvalue weighted by molar-refractivity contribution is -0.105. The molecule has 2 saturated heterocycles. The van der Waals surface area contributed by atoms with E-state index in [4.69, 9.17) is 16.3 Å². The maximum Gasteiger partial charge on any atom is 0.212 e. The topological polar surface area (TPSA) is 88.2 Å². The van der Waals surface area contributed by atoms with Gasteiger partial charge in [0.15, 0.2) is 0 Å². The Morgan fingerprint density at radius 3 is 2.12 bits per heavy atom. The van der Waals surface area contributed by atoms with Crippen LogP contribution in [-0.2, 0) is 9.53 Å². The van der Waals surface area contributed by atoms with E-state index in [0.717, 1.165) is 19.0 Å². The van der Waals surface area contributed by atoms with Gasteiger partial charge in [0.1, 0.15) is 11.6 Å². The number of nitrogens with zero attached hydrogens (tertiary/aromatic N) is 2. The Labute approximate surface area is 208 Å². The van der Waals surface area contributed by atoms with Crippen molar-refractivity contribution in [2.45, 2.75) is 51.4 Å². The molecule has 2 fully saturated rings. The van der Waals surface area contributed by atoms with Gasteiger partial charge in [0.25, 0.3) is 0 Å². The molecule has 5 rings (SSSR count). The molecule has 186 valence electrons. The highest BCUT2D eigenvalue weighted by molar-refractivity contribution is 6.33. The number of halogens is 1. The van der Waals surface area contributed by atoms with Gasteiger partial charge in [-0.2, -0.15) is 0 Å². The van der Waals surface area contributed by atoms with E-state index in [9.17, 15) is 4.79 Å². The van der Waals surface area contributed by atoms with E-state index in [-0.39, 0.29) is 0 Å². The average molecular weight is 488 g/mol. The third kappa shape index (κ3) is 11.6. The number of pyridine rings is 2. The molecule has 4 heterocycles. The van der Waals surface area contributed by atoms with Crippen LogP contribution in [0.2, 0.25) is 5.02 Å². The zero-order chi connectivity index (χ0) is 24.3. The second-order valence-electron chi connectivity index (χ2n) is 8.00. The highest BCUT2D eigenvalue weighted by atomic mass is 35.5. The van der Waals surface area contributed by atoms with Crippen molar-refractivity contribution >= 4 is 29.6 Å². The predicted molar refractivity (Wildman–Crippen MR) is 141 cm³/mol. The Kier molecular flexibility index (Phi) is 14.6. The van der Waals surface area contributed by atoms with Crippen molar-refractivity contribution < 1.29 is 9.53 Å². The second kappa shape index (κ2) is 17.9. The standard InChI is InChI=1S/C12H11ClN4O.C5H11N.C5H10O.C4H6/c1-14-11-4-2-3-10(17-11)8-5-12(16-7-18)15-6-9(8)13;2*1-2-4-6-5-3-1;1-2-4-3-1/h2-7H,1H3,(H,14,17)(H,15,16,18);6H,1-5H2;1-5H2;1-2H,3-4H2. The van der Waals surface area contributed by atoms with Gasteiger partial charge in [-0.1, -0.05) is 36.2 Å². The van der Waals surface area contributed by atoms with Gasteiger partial charge in [-0.3, -0.25) is 4.79 Å². The number of hydrogen-bond acceptors (Lipinski definition) is 6. The van der Waals surface area contributed by atoms with Crippen LogP contribution in [0.4, 0.5) is 11.6 Å². The fraction of sp³-hybridized carbons (Fsp3) is 0.500. The molecule has 0 atom stereocenters. The number of anilines is 2. The monoisotopic (exact) mass is 487 g/mol. The third-order valence-corrected chi connectivity index (χ3v) is 5.60. The van der Waals surface area contributed by atoms with Crippen LogP contribution < -0.4 is 16.0 Å². The van der Waals surface area contributed by atoms with Gasteiger partial charge in [-0.25, -0.2) is 9.97 Å². The van der Waals surface area contributed by atoms with Crippen LogP contribution in [0.3, 0.4) is 0 Å². The molecule has 34 heavy (non-hydrogen) atoms. The van der Waals surface area contributed by atoms with Gasteiger partial charge in [0, 0.05) is 32.0 Å². The van der Waals surface area contributed by atoms with E-state index in [1.807, 2.05) is 18.2 Å². The number of ether oxygens (including phenoxy) is 1. The maximum absolute atomic E-state index is 10.4. The summed E-state index contributed by atoms with van der Waals surface area (Å²) in [4.78, 5) is 18.8. The molecular weight excluding hydrogens is 450 g/mol. The van der Waals surface area contributed by atoms with Gasteiger partial charge >= 0.3 is 0 Å². The molecule has 0 spiro atoms. The van der Waals surface area contributed by atoms with Crippen LogP contribution in [-0.4, -0.2) is 49.7 Å². The number of carbonyl (C=O) groups excluding carboxylic acids is 1. The number of allylic oxidation sites excluding steroid dienone is 2. The minimum Gasteiger partial charge on any atom is -0.381 e. The number of aromatic nitrogens is 2. The van der Waals surface area contributed by atoms with Gasteiger partial charge in [0.05, 0.1) is 10.7 Å². The van der Waals surface area contributed by atoms with E-state index in [1.165, 1.54) is 70.7 Å². The number of hydrogen-bond donors (Lipinski definition) is 3. The van der Waals surface area contributed by atoms with Crippen molar-refractivity contribution in [3.8, 4) is 11.3 Å². The smallest absolute Gasteiger partial charge is 0.212 e. The van der Waals surface area contributed by atoms with E-state index in [2.05, 4.69) is 38.1 Å². The van der Waals surface area contributed by atoms with Crippen LogP contribution in [0.5, 0.6) is 0 Å². The van der Waals surface area contributed by atoms with Crippen molar-refractivity contribution in [1.29, 1.82) is 0 Å². The van der Waals surface area contributed by atoms with Crippen LogP contribution in [0, 0.1) is 0 Å². The Bertz CT molecular complexity index is 814. The first-order chi connectivity index (χ1) is 16.7. The molecule has 2 aliphatic heterocycles. The fourth-order valence-electron chi connectivity index (χ4n) is 3.15. The summed E-state index contributed by atoms with van der Waals surface area (Å²) < 4.78 is 5.07. The molecule has 1 amide bonds. The van der Waals surface area contributed by atoms with Crippen molar-refractivity contribution in [2.24, 2.45) is 0 Å². The maximum atomic E-state index is 10.4. The molecule has 8 heteroatoms. The molecule has 7 nitrogen and oxygen atoms in total. The number of rotatable bonds is 4. The first kappa shape index (κ1) is 27.8. The molecule has 3 N–H and O–H groups in total. The number of nitrogens with one attached hydrogen (secondary N) is 3. The molecule has 0 unspecified atom stereocenters. The molecule has 0 bridgehead atoms. The van der Waals surface area contributed by atoms with Gasteiger partial charge in [-0.15, -0.1) is 0 Å². The third-order valence-electron chi connectivity index (χ3n) is 5.29. The lowest BCUT2D eigenvalue weighted by atomic mass is 10.1. The van der Waals surface area contributed by atoms with Gasteiger partial charge < -0.3 is 20.7 Å². The predicted octanol–water partition coefficient (Wildman–Crippen LogP) is 5.69. The highest BCUT2D eigenvalue weighted by Crippen LogP contribution is 2.28. The van der Waals surface area contributed by atoms with Crippen LogP contribution in [0.1, 0.15) is 51.4 Å². The summed E-state index contributed by atoms with van der Waals surface area (Å²) in [6.45, 7) is 4.50.